The summed E-state index contributed by atoms with van der Waals surface area (Å²) in [4.78, 5) is 5.14. The maximum Gasteiger partial charge on any atom is 0.0594 e. The molecule has 0 aromatic heterocycles. The average Bonchev–Trinajstić information content (AvgIpc) is 2.39. The molecule has 2 aliphatic heterocycles. The molecule has 4 nitrogen and oxygen atoms in total. The standard InChI is InChI=1S/C13H27N3O/c1-12-2-3-13(10-14)11-16(12)5-4-15-6-8-17-9-7-15/h12-13H,2-11,14H2,1H3. The van der Waals surface area contributed by atoms with Crippen LogP contribution in [-0.2, 0) is 4.74 Å². The lowest BCUT2D eigenvalue weighted by molar-refractivity contribution is 0.0264. The van der Waals surface area contributed by atoms with E-state index in [9.17, 15) is 0 Å². The SMILES string of the molecule is CC1CCC(CN)CN1CCN1CCOCC1. The van der Waals surface area contributed by atoms with Crippen LogP contribution in [0.4, 0.5) is 0 Å². The lowest BCUT2D eigenvalue weighted by atomic mass is 9.93. The predicted molar refractivity (Wildman–Crippen MR) is 70.1 cm³/mol. The molecule has 2 heterocycles. The minimum Gasteiger partial charge on any atom is -0.379 e. The van der Waals surface area contributed by atoms with Gasteiger partial charge in [0.05, 0.1) is 13.2 Å². The Balaban J connectivity index is 1.72. The first kappa shape index (κ1) is 13.3. The van der Waals surface area contributed by atoms with Crippen LogP contribution in [0.1, 0.15) is 19.8 Å². The first-order chi connectivity index (χ1) is 8.29. The lowest BCUT2D eigenvalue weighted by Crippen LogP contribution is -2.48. The fourth-order valence-electron chi connectivity index (χ4n) is 2.86. The molecule has 2 N–H and O–H groups in total. The second kappa shape index (κ2) is 6.69. The molecule has 0 saturated carbocycles. The van der Waals surface area contributed by atoms with Gasteiger partial charge in [-0.2, -0.15) is 0 Å². The van der Waals surface area contributed by atoms with Crippen molar-refractivity contribution in [3.05, 3.63) is 0 Å². The molecule has 2 aliphatic rings. The number of hydrogen-bond acceptors (Lipinski definition) is 4. The highest BCUT2D eigenvalue weighted by atomic mass is 16.5. The van der Waals surface area contributed by atoms with Crippen molar-refractivity contribution in [3.63, 3.8) is 0 Å². The van der Waals surface area contributed by atoms with Gasteiger partial charge < -0.3 is 10.5 Å². The zero-order chi connectivity index (χ0) is 12.1. The van der Waals surface area contributed by atoms with Crippen molar-refractivity contribution in [2.24, 2.45) is 11.7 Å². The van der Waals surface area contributed by atoms with E-state index in [1.807, 2.05) is 0 Å². The number of rotatable bonds is 4. The van der Waals surface area contributed by atoms with E-state index in [1.54, 1.807) is 0 Å². The summed E-state index contributed by atoms with van der Waals surface area (Å²) in [5.41, 5.74) is 5.80. The van der Waals surface area contributed by atoms with Crippen LogP contribution >= 0.6 is 0 Å². The molecule has 2 fully saturated rings. The first-order valence-corrected chi connectivity index (χ1v) is 7.04. The van der Waals surface area contributed by atoms with Crippen molar-refractivity contribution in [1.29, 1.82) is 0 Å². The maximum absolute atomic E-state index is 5.80. The smallest absolute Gasteiger partial charge is 0.0594 e. The highest BCUT2D eigenvalue weighted by molar-refractivity contribution is 4.80. The number of ether oxygens (including phenoxy) is 1. The number of likely N-dealkylation sites (tertiary alicyclic amines) is 1. The number of piperidine rings is 1. The molecule has 2 rings (SSSR count). The molecule has 100 valence electrons. The van der Waals surface area contributed by atoms with E-state index in [0.717, 1.165) is 44.8 Å². The molecule has 17 heavy (non-hydrogen) atoms. The molecule has 2 unspecified atom stereocenters. The van der Waals surface area contributed by atoms with Gasteiger partial charge in [0.15, 0.2) is 0 Å². The maximum atomic E-state index is 5.80. The second-order valence-electron chi connectivity index (χ2n) is 5.48. The summed E-state index contributed by atoms with van der Waals surface area (Å²) in [7, 11) is 0. The van der Waals surface area contributed by atoms with Gasteiger partial charge >= 0.3 is 0 Å². The molecule has 2 saturated heterocycles. The zero-order valence-corrected chi connectivity index (χ0v) is 11.1. The van der Waals surface area contributed by atoms with Crippen LogP contribution in [0.3, 0.4) is 0 Å². The van der Waals surface area contributed by atoms with E-state index in [2.05, 4.69) is 16.7 Å². The number of nitrogens with two attached hydrogens (primary N) is 1. The molecule has 0 aromatic rings. The van der Waals surface area contributed by atoms with Crippen molar-refractivity contribution in [2.45, 2.75) is 25.8 Å². The quantitative estimate of drug-likeness (QED) is 0.772. The Hall–Kier alpha value is -0.160. The Morgan fingerprint density at radius 1 is 1.18 bits per heavy atom. The average molecular weight is 241 g/mol. The monoisotopic (exact) mass is 241 g/mol. The van der Waals surface area contributed by atoms with Gasteiger partial charge in [0, 0.05) is 38.8 Å². The molecule has 4 heteroatoms. The van der Waals surface area contributed by atoms with Crippen LogP contribution in [-0.4, -0.2) is 68.3 Å². The Kier molecular flexibility index (Phi) is 5.22. The van der Waals surface area contributed by atoms with Crippen molar-refractivity contribution < 1.29 is 4.74 Å². The molecule has 0 bridgehead atoms. The van der Waals surface area contributed by atoms with Gasteiger partial charge in [0.2, 0.25) is 0 Å². The molecule has 0 aromatic carbocycles. The highest BCUT2D eigenvalue weighted by Crippen LogP contribution is 2.20. The first-order valence-electron chi connectivity index (χ1n) is 7.04. The van der Waals surface area contributed by atoms with Crippen LogP contribution in [0.25, 0.3) is 0 Å². The van der Waals surface area contributed by atoms with Crippen LogP contribution in [0.5, 0.6) is 0 Å². The summed E-state index contributed by atoms with van der Waals surface area (Å²) in [6.07, 6.45) is 2.62. The van der Waals surface area contributed by atoms with Crippen molar-refractivity contribution in [1.82, 2.24) is 9.80 Å². The Labute approximate surface area is 105 Å². The summed E-state index contributed by atoms with van der Waals surface area (Å²) in [6, 6.07) is 0.735. The van der Waals surface area contributed by atoms with Gasteiger partial charge in [-0.25, -0.2) is 0 Å². The van der Waals surface area contributed by atoms with Gasteiger partial charge in [-0.05, 0) is 32.2 Å². The Bertz CT molecular complexity index is 219. The van der Waals surface area contributed by atoms with Crippen molar-refractivity contribution in [3.8, 4) is 0 Å². The zero-order valence-electron chi connectivity index (χ0n) is 11.1. The van der Waals surface area contributed by atoms with E-state index in [-0.39, 0.29) is 0 Å². The number of hydrogen-bond donors (Lipinski definition) is 1. The van der Waals surface area contributed by atoms with E-state index < -0.39 is 0 Å². The van der Waals surface area contributed by atoms with Crippen LogP contribution in [0.15, 0.2) is 0 Å². The van der Waals surface area contributed by atoms with Crippen LogP contribution < -0.4 is 5.73 Å². The minimum atomic E-state index is 0.718. The fourth-order valence-corrected chi connectivity index (χ4v) is 2.86. The van der Waals surface area contributed by atoms with E-state index in [1.165, 1.54) is 32.5 Å². The topological polar surface area (TPSA) is 41.7 Å². The van der Waals surface area contributed by atoms with E-state index in [0.29, 0.717) is 0 Å². The third kappa shape index (κ3) is 3.91. The molecule has 0 aliphatic carbocycles. The van der Waals surface area contributed by atoms with Crippen molar-refractivity contribution in [2.75, 3.05) is 52.5 Å². The van der Waals surface area contributed by atoms with E-state index in [4.69, 9.17) is 10.5 Å². The van der Waals surface area contributed by atoms with Gasteiger partial charge in [-0.1, -0.05) is 0 Å². The summed E-state index contributed by atoms with van der Waals surface area (Å²) in [5, 5.41) is 0. The summed E-state index contributed by atoms with van der Waals surface area (Å²) in [6.45, 7) is 10.8. The number of morpholine rings is 1. The molecular formula is C13H27N3O. The van der Waals surface area contributed by atoms with Gasteiger partial charge in [0.25, 0.3) is 0 Å². The molecule has 0 spiro atoms. The van der Waals surface area contributed by atoms with Crippen LogP contribution in [0, 0.1) is 5.92 Å². The minimum absolute atomic E-state index is 0.718. The normalized spacial score (nSPS) is 32.8. The molecule has 0 radical (unpaired) electrons. The summed E-state index contributed by atoms with van der Waals surface area (Å²) >= 11 is 0. The molecular weight excluding hydrogens is 214 g/mol. The fraction of sp³-hybridized carbons (Fsp3) is 1.00. The Morgan fingerprint density at radius 2 is 1.94 bits per heavy atom. The second-order valence-corrected chi connectivity index (χ2v) is 5.48. The van der Waals surface area contributed by atoms with Gasteiger partial charge in [-0.15, -0.1) is 0 Å². The molecule has 0 amide bonds. The lowest BCUT2D eigenvalue weighted by Gasteiger charge is -2.39. The van der Waals surface area contributed by atoms with Crippen molar-refractivity contribution >= 4 is 0 Å². The highest BCUT2D eigenvalue weighted by Gasteiger charge is 2.24. The third-order valence-corrected chi connectivity index (χ3v) is 4.25. The van der Waals surface area contributed by atoms with Gasteiger partial charge in [0.1, 0.15) is 0 Å². The molecule has 2 atom stereocenters. The summed E-state index contributed by atoms with van der Waals surface area (Å²) in [5.74, 6) is 0.718. The predicted octanol–water partition coefficient (Wildman–Crippen LogP) is 0.378. The third-order valence-electron chi connectivity index (χ3n) is 4.25. The number of nitrogens with zero attached hydrogens (tertiary/aromatic N) is 2. The van der Waals surface area contributed by atoms with Crippen LogP contribution in [0.2, 0.25) is 0 Å². The van der Waals surface area contributed by atoms with E-state index >= 15 is 0 Å². The van der Waals surface area contributed by atoms with Gasteiger partial charge in [-0.3, -0.25) is 9.80 Å². The Morgan fingerprint density at radius 3 is 2.65 bits per heavy atom. The summed E-state index contributed by atoms with van der Waals surface area (Å²) < 4.78 is 5.38. The largest absolute Gasteiger partial charge is 0.379 e.